The molecule has 0 rings (SSSR count). The van der Waals surface area contributed by atoms with E-state index in [9.17, 15) is 14.4 Å². The van der Waals surface area contributed by atoms with Gasteiger partial charge in [0.1, 0.15) is 12.9 Å². The lowest BCUT2D eigenvalue weighted by molar-refractivity contribution is -0.124. The summed E-state index contributed by atoms with van der Waals surface area (Å²) in [5.41, 5.74) is 0. The lowest BCUT2D eigenvalue weighted by Gasteiger charge is -2.08. The fourth-order valence-electron chi connectivity index (χ4n) is 1.54. The number of carbonyl (C=O) groups is 3. The standard InChI is InChI=1S/C15H29N3O6/c1-16-4-10-22-8-2-14(20)17-5-11-23-9-3-15(21)18-6-12-24-13-7-19/h7,16H,2-6,8-13H2,1H3,(H,17,20)(H,18,21). The zero-order chi connectivity index (χ0) is 17.9. The second-order valence-electron chi connectivity index (χ2n) is 4.77. The molecule has 0 spiro atoms. The maximum atomic E-state index is 11.4. The number of likely N-dealkylation sites (N-methyl/N-ethyl adjacent to an activating group) is 1. The van der Waals surface area contributed by atoms with Gasteiger partial charge in [-0.1, -0.05) is 0 Å². The molecule has 0 saturated heterocycles. The van der Waals surface area contributed by atoms with Crippen molar-refractivity contribution in [3.8, 4) is 0 Å². The molecule has 2 amide bonds. The highest BCUT2D eigenvalue weighted by Crippen LogP contribution is 1.85. The van der Waals surface area contributed by atoms with Crippen LogP contribution >= 0.6 is 0 Å². The molecule has 0 aromatic heterocycles. The van der Waals surface area contributed by atoms with Crippen LogP contribution in [0.4, 0.5) is 0 Å². The average Bonchev–Trinajstić information content (AvgIpc) is 2.57. The SMILES string of the molecule is CNCCOCCC(=O)NCCOCCC(=O)NCCOCC=O. The highest BCUT2D eigenvalue weighted by atomic mass is 16.5. The molecule has 0 atom stereocenters. The van der Waals surface area contributed by atoms with Gasteiger partial charge in [0, 0.05) is 32.5 Å². The second kappa shape index (κ2) is 17.8. The number of aldehydes is 1. The van der Waals surface area contributed by atoms with Crippen molar-refractivity contribution in [2.24, 2.45) is 0 Å². The van der Waals surface area contributed by atoms with Crippen LogP contribution in [-0.2, 0) is 28.6 Å². The number of hydrogen-bond donors (Lipinski definition) is 3. The fraction of sp³-hybridized carbons (Fsp3) is 0.800. The molecule has 0 aromatic rings. The van der Waals surface area contributed by atoms with Gasteiger partial charge in [-0.15, -0.1) is 0 Å². The minimum atomic E-state index is -0.146. The third-order valence-corrected chi connectivity index (χ3v) is 2.77. The van der Waals surface area contributed by atoms with Gasteiger partial charge in [-0.3, -0.25) is 9.59 Å². The van der Waals surface area contributed by atoms with Crippen LogP contribution in [-0.4, -0.2) is 84.4 Å². The lowest BCUT2D eigenvalue weighted by atomic mass is 10.4. The van der Waals surface area contributed by atoms with E-state index in [1.54, 1.807) is 0 Å². The Hall–Kier alpha value is -1.55. The summed E-state index contributed by atoms with van der Waals surface area (Å²) in [7, 11) is 1.84. The van der Waals surface area contributed by atoms with Gasteiger partial charge in [-0.25, -0.2) is 0 Å². The zero-order valence-electron chi connectivity index (χ0n) is 14.3. The van der Waals surface area contributed by atoms with Crippen molar-refractivity contribution < 1.29 is 28.6 Å². The second-order valence-corrected chi connectivity index (χ2v) is 4.77. The van der Waals surface area contributed by atoms with Crippen molar-refractivity contribution in [1.82, 2.24) is 16.0 Å². The quantitative estimate of drug-likeness (QED) is 0.216. The van der Waals surface area contributed by atoms with E-state index in [0.717, 1.165) is 6.54 Å². The molecule has 0 bridgehead atoms. The van der Waals surface area contributed by atoms with Gasteiger partial charge in [0.15, 0.2) is 0 Å². The molecule has 9 nitrogen and oxygen atoms in total. The third-order valence-electron chi connectivity index (χ3n) is 2.77. The summed E-state index contributed by atoms with van der Waals surface area (Å²) in [5.74, 6) is -0.233. The van der Waals surface area contributed by atoms with Crippen LogP contribution in [0.1, 0.15) is 12.8 Å². The van der Waals surface area contributed by atoms with Crippen LogP contribution < -0.4 is 16.0 Å². The van der Waals surface area contributed by atoms with Crippen molar-refractivity contribution in [3.05, 3.63) is 0 Å². The topological polar surface area (TPSA) is 115 Å². The Bertz CT molecular complexity index is 341. The monoisotopic (exact) mass is 347 g/mol. The van der Waals surface area contributed by atoms with E-state index in [1.165, 1.54) is 0 Å². The van der Waals surface area contributed by atoms with Crippen LogP contribution in [0.2, 0.25) is 0 Å². The normalized spacial score (nSPS) is 10.4. The number of hydrogen-bond acceptors (Lipinski definition) is 7. The Kier molecular flexibility index (Phi) is 16.6. The molecule has 0 unspecified atom stereocenters. The van der Waals surface area contributed by atoms with Crippen molar-refractivity contribution >= 4 is 18.1 Å². The van der Waals surface area contributed by atoms with Crippen molar-refractivity contribution in [2.75, 3.05) is 66.3 Å². The number of carbonyl (C=O) groups excluding carboxylic acids is 3. The first-order chi connectivity index (χ1) is 11.7. The minimum Gasteiger partial charge on any atom is -0.380 e. The fourth-order valence-corrected chi connectivity index (χ4v) is 1.54. The maximum Gasteiger partial charge on any atom is 0.222 e. The molecule has 9 heteroatoms. The lowest BCUT2D eigenvalue weighted by Crippen LogP contribution is -2.30. The molecule has 0 aliphatic heterocycles. The number of nitrogens with one attached hydrogen (secondary N) is 3. The van der Waals surface area contributed by atoms with E-state index in [4.69, 9.17) is 14.2 Å². The van der Waals surface area contributed by atoms with Crippen LogP contribution in [0.3, 0.4) is 0 Å². The molecule has 24 heavy (non-hydrogen) atoms. The summed E-state index contributed by atoms with van der Waals surface area (Å²) in [6, 6.07) is 0. The Balaban J connectivity index is 3.29. The minimum absolute atomic E-state index is 0.0345. The van der Waals surface area contributed by atoms with Crippen LogP contribution in [0, 0.1) is 0 Å². The molecule has 140 valence electrons. The Morgan fingerprint density at radius 3 is 1.79 bits per heavy atom. The number of ether oxygens (including phenoxy) is 3. The van der Waals surface area contributed by atoms with Gasteiger partial charge in [-0.2, -0.15) is 0 Å². The summed E-state index contributed by atoms with van der Waals surface area (Å²) < 4.78 is 15.4. The smallest absolute Gasteiger partial charge is 0.222 e. The highest BCUT2D eigenvalue weighted by Gasteiger charge is 2.02. The predicted octanol–water partition coefficient (Wildman–Crippen LogP) is -1.53. The van der Waals surface area contributed by atoms with Gasteiger partial charge in [0.05, 0.1) is 33.0 Å². The summed E-state index contributed by atoms with van der Waals surface area (Å²) in [5, 5.41) is 8.30. The van der Waals surface area contributed by atoms with Gasteiger partial charge in [0.25, 0.3) is 0 Å². The number of rotatable bonds is 17. The predicted molar refractivity (Wildman–Crippen MR) is 87.7 cm³/mol. The largest absolute Gasteiger partial charge is 0.380 e. The first kappa shape index (κ1) is 22.4. The Morgan fingerprint density at radius 2 is 1.29 bits per heavy atom. The molecule has 3 N–H and O–H groups in total. The van der Waals surface area contributed by atoms with Crippen molar-refractivity contribution in [2.45, 2.75) is 12.8 Å². The van der Waals surface area contributed by atoms with Gasteiger partial charge in [0.2, 0.25) is 11.8 Å². The molecule has 0 aliphatic rings. The Labute approximate surface area is 142 Å². The maximum absolute atomic E-state index is 11.4. The molecule has 0 saturated carbocycles. The van der Waals surface area contributed by atoms with Crippen LogP contribution in [0.5, 0.6) is 0 Å². The van der Waals surface area contributed by atoms with Crippen molar-refractivity contribution in [3.63, 3.8) is 0 Å². The molecule has 0 aromatic carbocycles. The van der Waals surface area contributed by atoms with Gasteiger partial charge >= 0.3 is 0 Å². The zero-order valence-corrected chi connectivity index (χ0v) is 14.3. The van der Waals surface area contributed by atoms with Gasteiger partial charge < -0.3 is 35.0 Å². The first-order valence-electron chi connectivity index (χ1n) is 8.05. The highest BCUT2D eigenvalue weighted by molar-refractivity contribution is 5.76. The summed E-state index contributed by atoms with van der Waals surface area (Å²) >= 11 is 0. The number of amides is 2. The summed E-state index contributed by atoms with van der Waals surface area (Å²) in [4.78, 5) is 32.9. The van der Waals surface area contributed by atoms with E-state index in [-0.39, 0.29) is 31.4 Å². The molecule has 0 aliphatic carbocycles. The van der Waals surface area contributed by atoms with Crippen LogP contribution in [0.25, 0.3) is 0 Å². The van der Waals surface area contributed by atoms with Gasteiger partial charge in [-0.05, 0) is 7.05 Å². The molecule has 0 radical (unpaired) electrons. The molecule has 0 heterocycles. The van der Waals surface area contributed by atoms with Crippen molar-refractivity contribution in [1.29, 1.82) is 0 Å². The third kappa shape index (κ3) is 16.8. The van der Waals surface area contributed by atoms with E-state index >= 15 is 0 Å². The van der Waals surface area contributed by atoms with E-state index in [2.05, 4.69) is 16.0 Å². The van der Waals surface area contributed by atoms with E-state index < -0.39 is 0 Å². The Morgan fingerprint density at radius 1 is 0.792 bits per heavy atom. The first-order valence-corrected chi connectivity index (χ1v) is 8.05. The summed E-state index contributed by atoms with van der Waals surface area (Å²) in [6.07, 6.45) is 1.21. The molecule has 0 fully saturated rings. The molecular formula is C15H29N3O6. The van der Waals surface area contributed by atoms with E-state index in [0.29, 0.717) is 52.2 Å². The average molecular weight is 347 g/mol. The summed E-state index contributed by atoms with van der Waals surface area (Å²) in [6.45, 7) is 3.46. The van der Waals surface area contributed by atoms with E-state index in [1.807, 2.05) is 7.05 Å². The molecular weight excluding hydrogens is 318 g/mol. The van der Waals surface area contributed by atoms with Crippen LogP contribution in [0.15, 0.2) is 0 Å².